The largest absolute Gasteiger partial charge is 0.312 e. The summed E-state index contributed by atoms with van der Waals surface area (Å²) in [7, 11) is -3.79. The van der Waals surface area contributed by atoms with Gasteiger partial charge in [-0.3, -0.25) is 9.20 Å². The van der Waals surface area contributed by atoms with Gasteiger partial charge >= 0.3 is 0 Å². The Morgan fingerprint density at radius 2 is 1.83 bits per heavy atom. The van der Waals surface area contributed by atoms with Gasteiger partial charge in [0.25, 0.3) is 0 Å². The van der Waals surface area contributed by atoms with Crippen molar-refractivity contribution in [3.05, 3.63) is 54.5 Å². The van der Waals surface area contributed by atoms with Crippen molar-refractivity contribution in [3.8, 4) is 0 Å². The number of carbonyl (C=O) groups excluding carboxylic acids is 1. The quantitative estimate of drug-likeness (QED) is 0.670. The molecule has 1 aliphatic rings. The highest BCUT2D eigenvalue weighted by molar-refractivity contribution is 7.89. The molecule has 1 N–H and O–H groups in total. The molecule has 0 saturated carbocycles. The van der Waals surface area contributed by atoms with Crippen molar-refractivity contribution in [1.82, 2.24) is 19.3 Å². The lowest BCUT2D eigenvalue weighted by Crippen LogP contribution is -2.33. The number of benzene rings is 1. The third-order valence-corrected chi connectivity index (χ3v) is 6.56. The van der Waals surface area contributed by atoms with E-state index in [1.165, 1.54) is 12.1 Å². The van der Waals surface area contributed by atoms with Crippen LogP contribution in [0.1, 0.15) is 38.6 Å². The second-order valence-corrected chi connectivity index (χ2v) is 9.19. The lowest BCUT2D eigenvalue weighted by molar-refractivity contribution is -0.117. The summed E-state index contributed by atoms with van der Waals surface area (Å²) in [6.07, 6.45) is 3.17. The van der Waals surface area contributed by atoms with Crippen molar-refractivity contribution in [2.45, 2.75) is 37.6 Å². The smallest absolute Gasteiger partial charge is 0.241 e. The first-order valence-electron chi connectivity index (χ1n) is 9.59. The number of nitrogens with one attached hydrogen (secondary N) is 1. The molecule has 0 bridgehead atoms. The molecule has 0 radical (unpaired) electrons. The molecule has 3 aromatic rings. The maximum atomic E-state index is 13.0. The molecule has 3 heterocycles. The summed E-state index contributed by atoms with van der Waals surface area (Å²) in [6, 6.07) is 11.4. The number of pyridine rings is 1. The highest BCUT2D eigenvalue weighted by Crippen LogP contribution is 2.26. The zero-order chi connectivity index (χ0) is 20.6. The van der Waals surface area contributed by atoms with Crippen molar-refractivity contribution in [2.75, 3.05) is 11.4 Å². The Morgan fingerprint density at radius 3 is 2.48 bits per heavy atom. The molecule has 0 aliphatic carbocycles. The molecule has 2 aromatic heterocycles. The Bertz CT molecular complexity index is 1140. The summed E-state index contributed by atoms with van der Waals surface area (Å²) >= 11 is 0. The molecule has 1 atom stereocenters. The first-order chi connectivity index (χ1) is 13.9. The van der Waals surface area contributed by atoms with Crippen LogP contribution in [0.15, 0.2) is 53.6 Å². The van der Waals surface area contributed by atoms with Gasteiger partial charge in [-0.25, -0.2) is 13.1 Å². The number of hydrogen-bond donors (Lipinski definition) is 1. The van der Waals surface area contributed by atoms with Gasteiger partial charge in [-0.05, 0) is 48.7 Å². The van der Waals surface area contributed by atoms with E-state index in [9.17, 15) is 13.2 Å². The molecule has 29 heavy (non-hydrogen) atoms. The van der Waals surface area contributed by atoms with Gasteiger partial charge in [-0.15, -0.1) is 10.2 Å². The Kier molecular flexibility index (Phi) is 5.10. The maximum Gasteiger partial charge on any atom is 0.241 e. The molecule has 0 spiro atoms. The van der Waals surface area contributed by atoms with Gasteiger partial charge in [0.2, 0.25) is 15.9 Å². The van der Waals surface area contributed by atoms with E-state index in [0.29, 0.717) is 24.4 Å². The van der Waals surface area contributed by atoms with Crippen LogP contribution < -0.4 is 9.62 Å². The summed E-state index contributed by atoms with van der Waals surface area (Å²) in [5.41, 5.74) is 1.38. The third kappa shape index (κ3) is 3.75. The molecule has 9 heteroatoms. The molecular weight excluding hydrogens is 390 g/mol. The predicted molar refractivity (Wildman–Crippen MR) is 109 cm³/mol. The van der Waals surface area contributed by atoms with Gasteiger partial charge in [0.05, 0.1) is 10.9 Å². The van der Waals surface area contributed by atoms with Crippen LogP contribution in [0.25, 0.3) is 5.65 Å². The number of fused-ring (bicyclic) bond motifs is 1. The van der Waals surface area contributed by atoms with E-state index in [1.807, 2.05) is 38.2 Å². The first-order valence-corrected chi connectivity index (χ1v) is 11.1. The molecule has 1 saturated heterocycles. The van der Waals surface area contributed by atoms with Crippen LogP contribution in [-0.4, -0.2) is 35.5 Å². The van der Waals surface area contributed by atoms with E-state index in [2.05, 4.69) is 14.9 Å². The monoisotopic (exact) mass is 413 g/mol. The topological polar surface area (TPSA) is 96.7 Å². The van der Waals surface area contributed by atoms with Crippen LogP contribution in [-0.2, 0) is 14.8 Å². The van der Waals surface area contributed by atoms with E-state index >= 15 is 0 Å². The van der Waals surface area contributed by atoms with Crippen molar-refractivity contribution in [3.63, 3.8) is 0 Å². The van der Waals surface area contributed by atoms with Crippen molar-refractivity contribution in [1.29, 1.82) is 0 Å². The van der Waals surface area contributed by atoms with E-state index in [0.717, 1.165) is 12.1 Å². The highest BCUT2D eigenvalue weighted by Gasteiger charge is 2.28. The summed E-state index contributed by atoms with van der Waals surface area (Å²) in [4.78, 5) is 13.7. The summed E-state index contributed by atoms with van der Waals surface area (Å²) in [6.45, 7) is 4.52. The van der Waals surface area contributed by atoms with Gasteiger partial charge in [0, 0.05) is 24.8 Å². The molecule has 1 fully saturated rings. The number of carbonyl (C=O) groups is 1. The zero-order valence-corrected chi connectivity index (χ0v) is 17.1. The number of anilines is 1. The number of hydrogen-bond acceptors (Lipinski definition) is 5. The van der Waals surface area contributed by atoms with Gasteiger partial charge in [0.15, 0.2) is 11.5 Å². The number of aromatic nitrogens is 3. The standard InChI is InChI=1S/C20H23N5O3S/c1-14(2)19(20-22-21-17-6-3-4-12-25(17)20)23-29(27,28)16-10-8-15(9-11-16)24-13-5-7-18(24)26/h3-4,6,8-12,14,19,23H,5,7,13H2,1-2H3/t19-/m0/s1. The summed E-state index contributed by atoms with van der Waals surface area (Å²) in [5.74, 6) is 0.564. The van der Waals surface area contributed by atoms with Crippen LogP contribution in [0.2, 0.25) is 0 Å². The van der Waals surface area contributed by atoms with Gasteiger partial charge in [-0.2, -0.15) is 0 Å². The van der Waals surface area contributed by atoms with Crippen molar-refractivity contribution in [2.24, 2.45) is 5.92 Å². The lowest BCUT2D eigenvalue weighted by atomic mass is 10.1. The Morgan fingerprint density at radius 1 is 1.07 bits per heavy atom. The van der Waals surface area contributed by atoms with Crippen LogP contribution in [0.3, 0.4) is 0 Å². The molecule has 1 aliphatic heterocycles. The SMILES string of the molecule is CC(C)[C@H](NS(=O)(=O)c1ccc(N2CCCC2=O)cc1)c1nnc2ccccn12. The molecule has 8 nitrogen and oxygen atoms in total. The van der Waals surface area contributed by atoms with Gasteiger partial charge in [0.1, 0.15) is 0 Å². The second kappa shape index (κ2) is 7.57. The van der Waals surface area contributed by atoms with Crippen LogP contribution in [0.4, 0.5) is 5.69 Å². The number of nitrogens with zero attached hydrogens (tertiary/aromatic N) is 4. The Balaban J connectivity index is 1.61. The Hall–Kier alpha value is -2.78. The third-order valence-electron chi connectivity index (χ3n) is 5.10. The summed E-state index contributed by atoms with van der Waals surface area (Å²) in [5, 5.41) is 8.34. The molecule has 152 valence electrons. The molecule has 1 amide bonds. The van der Waals surface area contributed by atoms with Gasteiger partial charge < -0.3 is 4.90 Å². The maximum absolute atomic E-state index is 13.0. The number of sulfonamides is 1. The molecule has 0 unspecified atom stereocenters. The van der Waals surface area contributed by atoms with Gasteiger partial charge in [-0.1, -0.05) is 19.9 Å². The predicted octanol–water partition coefficient (Wildman–Crippen LogP) is 2.53. The average Bonchev–Trinajstić information content (AvgIpc) is 3.32. The van der Waals surface area contributed by atoms with E-state index < -0.39 is 16.1 Å². The Labute approximate surface area is 169 Å². The lowest BCUT2D eigenvalue weighted by Gasteiger charge is -2.21. The van der Waals surface area contributed by atoms with E-state index in [-0.39, 0.29) is 16.7 Å². The fourth-order valence-electron chi connectivity index (χ4n) is 3.52. The van der Waals surface area contributed by atoms with E-state index in [1.54, 1.807) is 21.4 Å². The van der Waals surface area contributed by atoms with Crippen LogP contribution >= 0.6 is 0 Å². The minimum absolute atomic E-state index is 0.0427. The average molecular weight is 414 g/mol. The van der Waals surface area contributed by atoms with Crippen molar-refractivity contribution < 1.29 is 13.2 Å². The van der Waals surface area contributed by atoms with Crippen molar-refractivity contribution >= 4 is 27.3 Å². The molecule has 4 rings (SSSR count). The minimum Gasteiger partial charge on any atom is -0.312 e. The zero-order valence-electron chi connectivity index (χ0n) is 16.3. The second-order valence-electron chi connectivity index (χ2n) is 7.47. The normalized spacial score (nSPS) is 16.1. The highest BCUT2D eigenvalue weighted by atomic mass is 32.2. The molecule has 1 aromatic carbocycles. The summed E-state index contributed by atoms with van der Waals surface area (Å²) < 4.78 is 30.6. The van der Waals surface area contributed by atoms with Crippen LogP contribution in [0.5, 0.6) is 0 Å². The minimum atomic E-state index is -3.79. The fourth-order valence-corrected chi connectivity index (χ4v) is 4.86. The van der Waals surface area contributed by atoms with Crippen LogP contribution in [0, 0.1) is 5.92 Å². The first kappa shape index (κ1) is 19.5. The number of amides is 1. The van der Waals surface area contributed by atoms with E-state index in [4.69, 9.17) is 0 Å². The molecular formula is C20H23N5O3S. The number of rotatable bonds is 6. The fraction of sp³-hybridized carbons (Fsp3) is 0.350.